The lowest BCUT2D eigenvalue weighted by Gasteiger charge is -2.36. The van der Waals surface area contributed by atoms with E-state index in [0.717, 1.165) is 49.3 Å². The third-order valence-corrected chi connectivity index (χ3v) is 5.02. The second-order valence-corrected chi connectivity index (χ2v) is 6.92. The summed E-state index contributed by atoms with van der Waals surface area (Å²) in [5.41, 5.74) is 3.49. The SMILES string of the molecule is COc1ccc(N2CCN(c3cc(Nc4ccc(C)cc4)ncn3)CC2)cc1. The molecule has 6 heteroatoms. The zero-order chi connectivity index (χ0) is 19.3. The zero-order valence-corrected chi connectivity index (χ0v) is 16.3. The maximum Gasteiger partial charge on any atom is 0.135 e. The van der Waals surface area contributed by atoms with Crippen LogP contribution in [0, 0.1) is 6.92 Å². The quantitative estimate of drug-likeness (QED) is 0.731. The predicted molar refractivity (Wildman–Crippen MR) is 114 cm³/mol. The number of methoxy groups -OCH3 is 1. The molecule has 1 saturated heterocycles. The summed E-state index contributed by atoms with van der Waals surface area (Å²) >= 11 is 0. The number of nitrogens with zero attached hydrogens (tertiary/aromatic N) is 4. The number of rotatable bonds is 5. The Bertz CT molecular complexity index is 903. The Morgan fingerprint density at radius 3 is 2.21 bits per heavy atom. The molecule has 1 aliphatic rings. The molecule has 144 valence electrons. The molecule has 3 aromatic rings. The first-order valence-electron chi connectivity index (χ1n) is 9.51. The molecular formula is C22H25N5O. The van der Waals surface area contributed by atoms with Crippen molar-refractivity contribution in [1.29, 1.82) is 0 Å². The van der Waals surface area contributed by atoms with Crippen LogP contribution in [0.4, 0.5) is 23.0 Å². The van der Waals surface area contributed by atoms with Gasteiger partial charge in [-0.2, -0.15) is 0 Å². The summed E-state index contributed by atoms with van der Waals surface area (Å²) in [7, 11) is 1.69. The van der Waals surface area contributed by atoms with Crippen LogP contribution in [-0.2, 0) is 0 Å². The highest BCUT2D eigenvalue weighted by Gasteiger charge is 2.19. The Balaban J connectivity index is 1.39. The molecule has 1 aliphatic heterocycles. The smallest absolute Gasteiger partial charge is 0.135 e. The summed E-state index contributed by atoms with van der Waals surface area (Å²) in [5, 5.41) is 3.36. The van der Waals surface area contributed by atoms with Crippen molar-refractivity contribution in [3.05, 3.63) is 66.5 Å². The molecule has 1 fully saturated rings. The van der Waals surface area contributed by atoms with Gasteiger partial charge in [-0.25, -0.2) is 9.97 Å². The Labute approximate surface area is 165 Å². The summed E-state index contributed by atoms with van der Waals surface area (Å²) in [6.07, 6.45) is 1.63. The Morgan fingerprint density at radius 1 is 0.857 bits per heavy atom. The molecule has 0 aliphatic carbocycles. The van der Waals surface area contributed by atoms with E-state index in [1.54, 1.807) is 13.4 Å². The van der Waals surface area contributed by atoms with Crippen molar-refractivity contribution in [1.82, 2.24) is 9.97 Å². The van der Waals surface area contributed by atoms with Crippen molar-refractivity contribution in [2.45, 2.75) is 6.92 Å². The average Bonchev–Trinajstić information content (AvgIpc) is 2.76. The van der Waals surface area contributed by atoms with E-state index in [4.69, 9.17) is 4.74 Å². The molecule has 6 nitrogen and oxygen atoms in total. The van der Waals surface area contributed by atoms with Crippen LogP contribution < -0.4 is 19.9 Å². The largest absolute Gasteiger partial charge is 0.497 e. The lowest BCUT2D eigenvalue weighted by molar-refractivity contribution is 0.415. The van der Waals surface area contributed by atoms with Crippen LogP contribution in [0.1, 0.15) is 5.56 Å². The molecular weight excluding hydrogens is 350 g/mol. The van der Waals surface area contributed by atoms with Crippen LogP contribution in [-0.4, -0.2) is 43.3 Å². The van der Waals surface area contributed by atoms with E-state index in [9.17, 15) is 0 Å². The van der Waals surface area contributed by atoms with E-state index in [2.05, 4.69) is 68.4 Å². The van der Waals surface area contributed by atoms with Crippen LogP contribution in [0.2, 0.25) is 0 Å². The lowest BCUT2D eigenvalue weighted by Crippen LogP contribution is -2.46. The maximum absolute atomic E-state index is 5.24. The van der Waals surface area contributed by atoms with Gasteiger partial charge in [0.1, 0.15) is 23.7 Å². The lowest BCUT2D eigenvalue weighted by atomic mass is 10.2. The minimum absolute atomic E-state index is 0.812. The fourth-order valence-corrected chi connectivity index (χ4v) is 3.36. The molecule has 0 atom stereocenters. The van der Waals surface area contributed by atoms with Crippen molar-refractivity contribution in [2.24, 2.45) is 0 Å². The third kappa shape index (κ3) is 4.17. The van der Waals surface area contributed by atoms with Gasteiger partial charge in [0.25, 0.3) is 0 Å². The van der Waals surface area contributed by atoms with Crippen LogP contribution in [0.15, 0.2) is 60.9 Å². The number of aromatic nitrogens is 2. The van der Waals surface area contributed by atoms with Gasteiger partial charge in [0.05, 0.1) is 7.11 Å². The molecule has 4 rings (SSSR count). The van der Waals surface area contributed by atoms with Gasteiger partial charge in [-0.15, -0.1) is 0 Å². The number of nitrogens with one attached hydrogen (secondary N) is 1. The summed E-state index contributed by atoms with van der Waals surface area (Å²) in [6, 6.07) is 18.6. The molecule has 0 spiro atoms. The van der Waals surface area contributed by atoms with Crippen molar-refractivity contribution >= 4 is 23.0 Å². The highest BCUT2D eigenvalue weighted by molar-refractivity contribution is 5.60. The Morgan fingerprint density at radius 2 is 1.54 bits per heavy atom. The average molecular weight is 375 g/mol. The first-order chi connectivity index (χ1) is 13.7. The van der Waals surface area contributed by atoms with Gasteiger partial charge in [0.2, 0.25) is 0 Å². The zero-order valence-electron chi connectivity index (χ0n) is 16.3. The highest BCUT2D eigenvalue weighted by Crippen LogP contribution is 2.23. The molecule has 0 bridgehead atoms. The van der Waals surface area contributed by atoms with Gasteiger partial charge in [-0.3, -0.25) is 0 Å². The van der Waals surface area contributed by atoms with E-state index >= 15 is 0 Å². The molecule has 1 aromatic heterocycles. The number of anilines is 4. The number of benzene rings is 2. The van der Waals surface area contributed by atoms with Crippen LogP contribution in [0.3, 0.4) is 0 Å². The van der Waals surface area contributed by atoms with Crippen molar-refractivity contribution < 1.29 is 4.74 Å². The standard InChI is InChI=1S/C22H25N5O/c1-17-3-5-18(6-4-17)25-21-15-22(24-16-23-21)27-13-11-26(12-14-27)19-7-9-20(28-2)10-8-19/h3-10,15-16H,11-14H2,1-2H3,(H,23,24,25). The molecule has 1 N–H and O–H groups in total. The van der Waals surface area contributed by atoms with E-state index in [0.29, 0.717) is 0 Å². The summed E-state index contributed by atoms with van der Waals surface area (Å²) in [6.45, 7) is 5.84. The van der Waals surface area contributed by atoms with E-state index < -0.39 is 0 Å². The van der Waals surface area contributed by atoms with E-state index in [-0.39, 0.29) is 0 Å². The van der Waals surface area contributed by atoms with Crippen molar-refractivity contribution in [2.75, 3.05) is 48.4 Å². The number of ether oxygens (including phenoxy) is 1. The Hall–Kier alpha value is -3.28. The summed E-state index contributed by atoms with van der Waals surface area (Å²) < 4.78 is 5.24. The van der Waals surface area contributed by atoms with Crippen molar-refractivity contribution in [3.8, 4) is 5.75 Å². The van der Waals surface area contributed by atoms with Gasteiger partial charge in [-0.1, -0.05) is 17.7 Å². The minimum Gasteiger partial charge on any atom is -0.497 e. The minimum atomic E-state index is 0.812. The molecule has 2 aromatic carbocycles. The first-order valence-corrected chi connectivity index (χ1v) is 9.51. The molecule has 0 unspecified atom stereocenters. The van der Waals surface area contributed by atoms with E-state index in [1.807, 2.05) is 18.2 Å². The Kier molecular flexibility index (Phi) is 5.28. The highest BCUT2D eigenvalue weighted by atomic mass is 16.5. The van der Waals surface area contributed by atoms with Gasteiger partial charge in [-0.05, 0) is 43.3 Å². The summed E-state index contributed by atoms with van der Waals surface area (Å²) in [5.74, 6) is 2.66. The van der Waals surface area contributed by atoms with Gasteiger partial charge >= 0.3 is 0 Å². The van der Waals surface area contributed by atoms with Crippen LogP contribution in [0.25, 0.3) is 0 Å². The number of aryl methyl sites for hydroxylation is 1. The van der Waals surface area contributed by atoms with E-state index in [1.165, 1.54) is 11.3 Å². The monoisotopic (exact) mass is 375 g/mol. The maximum atomic E-state index is 5.24. The molecule has 0 radical (unpaired) electrons. The molecule has 0 saturated carbocycles. The normalized spacial score (nSPS) is 14.1. The molecule has 2 heterocycles. The molecule has 0 amide bonds. The fraction of sp³-hybridized carbons (Fsp3) is 0.273. The summed E-state index contributed by atoms with van der Waals surface area (Å²) in [4.78, 5) is 13.5. The second kappa shape index (κ2) is 8.17. The van der Waals surface area contributed by atoms with Crippen LogP contribution in [0.5, 0.6) is 5.75 Å². The van der Waals surface area contributed by atoms with Gasteiger partial charge in [0.15, 0.2) is 0 Å². The van der Waals surface area contributed by atoms with Gasteiger partial charge < -0.3 is 19.9 Å². The number of piperazine rings is 1. The fourth-order valence-electron chi connectivity index (χ4n) is 3.36. The van der Waals surface area contributed by atoms with Crippen molar-refractivity contribution in [3.63, 3.8) is 0 Å². The second-order valence-electron chi connectivity index (χ2n) is 6.92. The predicted octanol–water partition coefficient (Wildman–Crippen LogP) is 3.86. The third-order valence-electron chi connectivity index (χ3n) is 5.02. The van der Waals surface area contributed by atoms with Gasteiger partial charge in [0, 0.05) is 43.6 Å². The molecule has 28 heavy (non-hydrogen) atoms. The van der Waals surface area contributed by atoms with Crippen LogP contribution >= 0.6 is 0 Å². The first kappa shape index (κ1) is 18.1. The number of hydrogen-bond donors (Lipinski definition) is 1. The number of hydrogen-bond acceptors (Lipinski definition) is 6. The topological polar surface area (TPSA) is 53.5 Å².